The number of ether oxygens (including phenoxy) is 1. The van der Waals surface area contributed by atoms with E-state index in [1.54, 1.807) is 23.1 Å². The summed E-state index contributed by atoms with van der Waals surface area (Å²) in [7, 11) is -3.55. The predicted octanol–water partition coefficient (Wildman–Crippen LogP) is 0.237. The second-order valence-electron chi connectivity index (χ2n) is 5.33. The van der Waals surface area contributed by atoms with Crippen molar-refractivity contribution in [1.82, 2.24) is 4.90 Å². The molecule has 0 atom stereocenters. The molecule has 0 bridgehead atoms. The molecule has 0 saturated carbocycles. The lowest BCUT2D eigenvalue weighted by Gasteiger charge is -2.20. The van der Waals surface area contributed by atoms with Crippen LogP contribution in [0.1, 0.15) is 24.0 Å². The molecule has 2 N–H and O–H groups in total. The average molecular weight is 323 g/mol. The number of sulfonamides is 1. The number of carbonyl (C=O) groups is 1. The SMILES string of the molecule is NC1=NS(=O)(=O)Cc2cccc(OCCN3CCCC3=O)c21. The molecule has 1 aromatic carbocycles. The van der Waals surface area contributed by atoms with Crippen LogP contribution in [-0.2, 0) is 20.6 Å². The van der Waals surface area contributed by atoms with E-state index in [0.29, 0.717) is 36.4 Å². The molecule has 1 fully saturated rings. The minimum atomic E-state index is -3.55. The van der Waals surface area contributed by atoms with Crippen LogP contribution in [0.3, 0.4) is 0 Å². The second kappa shape index (κ2) is 5.60. The predicted molar refractivity (Wildman–Crippen MR) is 81.1 cm³/mol. The molecule has 2 aliphatic rings. The summed E-state index contributed by atoms with van der Waals surface area (Å²) >= 11 is 0. The molecule has 0 radical (unpaired) electrons. The van der Waals surface area contributed by atoms with Crippen molar-refractivity contribution in [3.05, 3.63) is 29.3 Å². The van der Waals surface area contributed by atoms with Crippen molar-refractivity contribution in [2.75, 3.05) is 19.7 Å². The summed E-state index contributed by atoms with van der Waals surface area (Å²) in [5.41, 5.74) is 6.88. The molecule has 0 spiro atoms. The molecule has 1 amide bonds. The van der Waals surface area contributed by atoms with E-state index in [-0.39, 0.29) is 17.5 Å². The fraction of sp³-hybridized carbons (Fsp3) is 0.429. The highest BCUT2D eigenvalue weighted by atomic mass is 32.2. The number of nitrogens with two attached hydrogens (primary N) is 1. The number of amides is 1. The van der Waals surface area contributed by atoms with Crippen LogP contribution >= 0.6 is 0 Å². The quantitative estimate of drug-likeness (QED) is 0.855. The summed E-state index contributed by atoms with van der Waals surface area (Å²) in [6.45, 7) is 1.61. The zero-order valence-electron chi connectivity index (χ0n) is 12.0. The van der Waals surface area contributed by atoms with Crippen LogP contribution in [0, 0.1) is 0 Å². The van der Waals surface area contributed by atoms with Crippen LogP contribution in [0.5, 0.6) is 5.75 Å². The van der Waals surface area contributed by atoms with E-state index in [9.17, 15) is 13.2 Å². The maximum absolute atomic E-state index is 11.6. The average Bonchev–Trinajstić information content (AvgIpc) is 2.82. The monoisotopic (exact) mass is 323 g/mol. The zero-order chi connectivity index (χ0) is 15.7. The summed E-state index contributed by atoms with van der Waals surface area (Å²) in [5.74, 6) is 0.422. The summed E-state index contributed by atoms with van der Waals surface area (Å²) < 4.78 is 32.5. The number of amidine groups is 1. The lowest BCUT2D eigenvalue weighted by molar-refractivity contribution is -0.128. The first-order chi connectivity index (χ1) is 10.5. The Bertz CT molecular complexity index is 742. The lowest BCUT2D eigenvalue weighted by Crippen LogP contribution is -2.30. The highest BCUT2D eigenvalue weighted by molar-refractivity contribution is 7.89. The molecular weight excluding hydrogens is 306 g/mol. The fourth-order valence-electron chi connectivity index (χ4n) is 2.74. The van der Waals surface area contributed by atoms with Crippen molar-refractivity contribution in [2.24, 2.45) is 10.1 Å². The Morgan fingerprint density at radius 1 is 1.36 bits per heavy atom. The van der Waals surface area contributed by atoms with E-state index in [1.807, 2.05) is 0 Å². The number of hydrogen-bond donors (Lipinski definition) is 1. The second-order valence-corrected chi connectivity index (χ2v) is 6.96. The molecule has 1 saturated heterocycles. The Labute approximate surface area is 128 Å². The molecule has 22 heavy (non-hydrogen) atoms. The lowest BCUT2D eigenvalue weighted by atomic mass is 10.1. The summed E-state index contributed by atoms with van der Waals surface area (Å²) in [6, 6.07) is 5.15. The molecule has 2 aliphatic heterocycles. The van der Waals surface area contributed by atoms with Crippen molar-refractivity contribution in [3.8, 4) is 5.75 Å². The van der Waals surface area contributed by atoms with Gasteiger partial charge in [-0.25, -0.2) is 8.42 Å². The first-order valence-electron chi connectivity index (χ1n) is 7.07. The van der Waals surface area contributed by atoms with Gasteiger partial charge in [0.25, 0.3) is 10.0 Å². The first-order valence-corrected chi connectivity index (χ1v) is 8.68. The minimum Gasteiger partial charge on any atom is -0.491 e. The number of benzene rings is 1. The van der Waals surface area contributed by atoms with E-state index in [4.69, 9.17) is 10.5 Å². The highest BCUT2D eigenvalue weighted by Gasteiger charge is 2.25. The van der Waals surface area contributed by atoms with E-state index >= 15 is 0 Å². The smallest absolute Gasteiger partial charge is 0.259 e. The van der Waals surface area contributed by atoms with E-state index in [2.05, 4.69) is 4.40 Å². The third-order valence-corrected chi connectivity index (χ3v) is 4.88. The van der Waals surface area contributed by atoms with Gasteiger partial charge in [0.2, 0.25) is 5.91 Å². The third kappa shape index (κ3) is 2.92. The zero-order valence-corrected chi connectivity index (χ0v) is 12.8. The molecule has 118 valence electrons. The van der Waals surface area contributed by atoms with Gasteiger partial charge in [-0.05, 0) is 18.1 Å². The van der Waals surface area contributed by atoms with Gasteiger partial charge in [-0.15, -0.1) is 4.40 Å². The van der Waals surface area contributed by atoms with Crippen LogP contribution < -0.4 is 10.5 Å². The van der Waals surface area contributed by atoms with Crippen molar-refractivity contribution in [2.45, 2.75) is 18.6 Å². The Morgan fingerprint density at radius 3 is 2.91 bits per heavy atom. The van der Waals surface area contributed by atoms with E-state index in [0.717, 1.165) is 13.0 Å². The minimum absolute atomic E-state index is 0.0471. The van der Waals surface area contributed by atoms with Crippen molar-refractivity contribution >= 4 is 21.8 Å². The van der Waals surface area contributed by atoms with Gasteiger partial charge in [0.05, 0.1) is 17.9 Å². The van der Waals surface area contributed by atoms with Gasteiger partial charge in [0, 0.05) is 13.0 Å². The van der Waals surface area contributed by atoms with Gasteiger partial charge < -0.3 is 15.4 Å². The molecule has 8 heteroatoms. The summed E-state index contributed by atoms with van der Waals surface area (Å²) in [6.07, 6.45) is 1.48. The maximum atomic E-state index is 11.6. The van der Waals surface area contributed by atoms with Crippen molar-refractivity contribution in [1.29, 1.82) is 0 Å². The van der Waals surface area contributed by atoms with Gasteiger partial charge in [0.15, 0.2) is 0 Å². The van der Waals surface area contributed by atoms with Crippen molar-refractivity contribution < 1.29 is 17.9 Å². The van der Waals surface area contributed by atoms with Crippen LogP contribution in [0.15, 0.2) is 22.6 Å². The Hall–Kier alpha value is -2.09. The molecule has 0 unspecified atom stereocenters. The first kappa shape index (κ1) is 14.8. The standard InChI is InChI=1S/C14H17N3O4S/c15-14-13-10(9-22(19,20)16-14)3-1-4-11(13)21-8-7-17-6-2-5-12(17)18/h1,3-4H,2,5-9H2,(H2,15,16). The molecule has 0 aliphatic carbocycles. The molecule has 0 aromatic heterocycles. The van der Waals surface area contributed by atoms with Gasteiger partial charge in [-0.1, -0.05) is 12.1 Å². The summed E-state index contributed by atoms with van der Waals surface area (Å²) in [5, 5.41) is 0. The number of fused-ring (bicyclic) bond motifs is 1. The van der Waals surface area contributed by atoms with Crippen LogP contribution in [0.25, 0.3) is 0 Å². The fourth-order valence-corrected chi connectivity index (χ4v) is 3.83. The van der Waals surface area contributed by atoms with Crippen LogP contribution in [0.2, 0.25) is 0 Å². The van der Waals surface area contributed by atoms with E-state index in [1.165, 1.54) is 0 Å². The molecular formula is C14H17N3O4S. The normalized spacial score (nSPS) is 19.7. The third-order valence-electron chi connectivity index (χ3n) is 3.73. The topological polar surface area (TPSA) is 102 Å². The van der Waals surface area contributed by atoms with Gasteiger partial charge in [0.1, 0.15) is 18.2 Å². The number of likely N-dealkylation sites (tertiary alicyclic amines) is 1. The largest absolute Gasteiger partial charge is 0.491 e. The maximum Gasteiger partial charge on any atom is 0.259 e. The van der Waals surface area contributed by atoms with Crippen LogP contribution in [0.4, 0.5) is 0 Å². The molecule has 2 heterocycles. The van der Waals surface area contributed by atoms with E-state index < -0.39 is 10.0 Å². The molecule has 1 aromatic rings. The van der Waals surface area contributed by atoms with Gasteiger partial charge in [-0.3, -0.25) is 4.79 Å². The summed E-state index contributed by atoms with van der Waals surface area (Å²) in [4.78, 5) is 13.3. The number of carbonyl (C=O) groups excluding carboxylic acids is 1. The Morgan fingerprint density at radius 2 is 2.18 bits per heavy atom. The number of hydrogen-bond acceptors (Lipinski definition) is 5. The molecule has 7 nitrogen and oxygen atoms in total. The molecule has 3 rings (SSSR count). The Balaban J connectivity index is 1.74. The van der Waals surface area contributed by atoms with Crippen molar-refractivity contribution in [3.63, 3.8) is 0 Å². The number of nitrogens with zero attached hydrogens (tertiary/aromatic N) is 2. The van der Waals surface area contributed by atoms with Gasteiger partial charge >= 0.3 is 0 Å². The highest BCUT2D eigenvalue weighted by Crippen LogP contribution is 2.28. The van der Waals surface area contributed by atoms with Gasteiger partial charge in [-0.2, -0.15) is 0 Å². The number of rotatable bonds is 4. The van der Waals surface area contributed by atoms with Crippen LogP contribution in [-0.4, -0.2) is 44.8 Å². The Kier molecular flexibility index (Phi) is 3.78.